The van der Waals surface area contributed by atoms with Crippen molar-refractivity contribution >= 4 is 11.8 Å². The minimum atomic E-state index is -0.226. The van der Waals surface area contributed by atoms with Crippen LogP contribution in [-0.2, 0) is 13.1 Å². The molecule has 0 unspecified atom stereocenters. The molecule has 1 N–H and O–H groups in total. The van der Waals surface area contributed by atoms with Gasteiger partial charge in [0.2, 0.25) is 0 Å². The van der Waals surface area contributed by atoms with E-state index in [1.165, 1.54) is 4.90 Å². The zero-order valence-electron chi connectivity index (χ0n) is 20.1. The maximum Gasteiger partial charge on any atom is 0.255 e. The van der Waals surface area contributed by atoms with Gasteiger partial charge in [0, 0.05) is 38.0 Å². The van der Waals surface area contributed by atoms with Crippen molar-refractivity contribution in [1.29, 1.82) is 0 Å². The van der Waals surface area contributed by atoms with E-state index in [0.29, 0.717) is 35.7 Å². The van der Waals surface area contributed by atoms with Crippen LogP contribution in [0.15, 0.2) is 85.1 Å². The molecular weight excluding hydrogens is 440 g/mol. The average molecular weight is 469 g/mol. The van der Waals surface area contributed by atoms with Gasteiger partial charge in [0.05, 0.1) is 19.2 Å². The van der Waals surface area contributed by atoms with Gasteiger partial charge in [-0.1, -0.05) is 54.6 Å². The van der Waals surface area contributed by atoms with Crippen LogP contribution in [0, 0.1) is 0 Å². The lowest BCUT2D eigenvalue weighted by Gasteiger charge is -2.11. The van der Waals surface area contributed by atoms with Crippen LogP contribution in [0.25, 0.3) is 11.3 Å². The molecule has 0 spiro atoms. The summed E-state index contributed by atoms with van der Waals surface area (Å²) < 4.78 is 7.14. The Bertz CT molecular complexity index is 1310. The summed E-state index contributed by atoms with van der Waals surface area (Å²) >= 11 is 0. The number of hydrogen-bond acceptors (Lipinski definition) is 4. The molecular formula is C28H28N4O3. The third-order valence-electron chi connectivity index (χ3n) is 5.60. The van der Waals surface area contributed by atoms with Crippen molar-refractivity contribution in [2.75, 3.05) is 21.2 Å². The molecule has 2 amide bonds. The lowest BCUT2D eigenvalue weighted by molar-refractivity contribution is 0.0827. The van der Waals surface area contributed by atoms with Crippen LogP contribution < -0.4 is 10.1 Å². The molecule has 178 valence electrons. The number of amides is 2. The van der Waals surface area contributed by atoms with Gasteiger partial charge in [-0.2, -0.15) is 5.10 Å². The van der Waals surface area contributed by atoms with E-state index < -0.39 is 0 Å². The molecule has 0 atom stereocenters. The topological polar surface area (TPSA) is 76.5 Å². The molecule has 0 aliphatic rings. The Balaban J connectivity index is 1.56. The highest BCUT2D eigenvalue weighted by atomic mass is 16.5. The van der Waals surface area contributed by atoms with Crippen molar-refractivity contribution < 1.29 is 14.3 Å². The number of methoxy groups -OCH3 is 1. The van der Waals surface area contributed by atoms with Gasteiger partial charge in [0.1, 0.15) is 11.4 Å². The SMILES string of the molecule is COc1cccc(-c2nn(Cc3ccccc3)cc2C(=O)NCc2ccc(C(=O)N(C)C)cc2)c1. The summed E-state index contributed by atoms with van der Waals surface area (Å²) in [5.74, 6) is 0.406. The fourth-order valence-electron chi connectivity index (χ4n) is 3.72. The largest absolute Gasteiger partial charge is 0.497 e. The smallest absolute Gasteiger partial charge is 0.255 e. The summed E-state index contributed by atoms with van der Waals surface area (Å²) in [7, 11) is 5.04. The Morgan fingerprint density at radius 2 is 1.69 bits per heavy atom. The van der Waals surface area contributed by atoms with E-state index in [1.54, 1.807) is 44.2 Å². The molecule has 0 aliphatic heterocycles. The lowest BCUT2D eigenvalue weighted by atomic mass is 10.1. The minimum absolute atomic E-state index is 0.0608. The number of nitrogens with zero attached hydrogens (tertiary/aromatic N) is 3. The standard InChI is InChI=1S/C28H28N4O3/c1-31(2)28(34)22-14-12-20(13-15-22)17-29-27(33)25-19-32(18-21-8-5-4-6-9-21)30-26(25)23-10-7-11-24(16-23)35-3/h4-16,19H,17-18H2,1-3H3,(H,29,33). The van der Waals surface area contributed by atoms with E-state index in [0.717, 1.165) is 16.7 Å². The zero-order valence-corrected chi connectivity index (χ0v) is 20.1. The van der Waals surface area contributed by atoms with Crippen LogP contribution >= 0.6 is 0 Å². The number of nitrogens with one attached hydrogen (secondary N) is 1. The molecule has 0 fully saturated rings. The van der Waals surface area contributed by atoms with Crippen LogP contribution in [0.3, 0.4) is 0 Å². The summed E-state index contributed by atoms with van der Waals surface area (Å²) in [5, 5.41) is 7.72. The number of carbonyl (C=O) groups is 2. The maximum absolute atomic E-state index is 13.2. The second-order valence-corrected chi connectivity index (χ2v) is 8.39. The Morgan fingerprint density at radius 1 is 0.943 bits per heavy atom. The van der Waals surface area contributed by atoms with Crippen molar-refractivity contribution in [1.82, 2.24) is 20.0 Å². The molecule has 35 heavy (non-hydrogen) atoms. The Kier molecular flexibility index (Phi) is 7.26. The summed E-state index contributed by atoms with van der Waals surface area (Å²) in [6.45, 7) is 0.878. The normalized spacial score (nSPS) is 10.6. The highest BCUT2D eigenvalue weighted by Gasteiger charge is 2.19. The van der Waals surface area contributed by atoms with Crippen LogP contribution in [0.4, 0.5) is 0 Å². The summed E-state index contributed by atoms with van der Waals surface area (Å²) in [5.41, 5.74) is 4.46. The van der Waals surface area contributed by atoms with Crippen molar-refractivity contribution in [3.8, 4) is 17.0 Å². The van der Waals surface area contributed by atoms with Gasteiger partial charge in [-0.25, -0.2) is 0 Å². The van der Waals surface area contributed by atoms with Crippen LogP contribution in [0.2, 0.25) is 0 Å². The highest BCUT2D eigenvalue weighted by Crippen LogP contribution is 2.26. The Labute approximate surface area is 205 Å². The minimum Gasteiger partial charge on any atom is -0.497 e. The third kappa shape index (κ3) is 5.76. The van der Waals surface area contributed by atoms with Crippen molar-refractivity contribution in [3.63, 3.8) is 0 Å². The van der Waals surface area contributed by atoms with E-state index in [4.69, 9.17) is 9.84 Å². The van der Waals surface area contributed by atoms with Crippen LogP contribution in [-0.4, -0.2) is 47.7 Å². The fourth-order valence-corrected chi connectivity index (χ4v) is 3.72. The Morgan fingerprint density at radius 3 is 2.37 bits per heavy atom. The maximum atomic E-state index is 13.2. The molecule has 4 aromatic rings. The predicted molar refractivity (Wildman–Crippen MR) is 135 cm³/mol. The molecule has 1 aromatic heterocycles. The van der Waals surface area contributed by atoms with Gasteiger partial charge in [-0.3, -0.25) is 14.3 Å². The molecule has 0 saturated heterocycles. The molecule has 0 saturated carbocycles. The zero-order chi connectivity index (χ0) is 24.8. The second-order valence-electron chi connectivity index (χ2n) is 8.39. The molecule has 7 nitrogen and oxygen atoms in total. The molecule has 0 aliphatic carbocycles. The first-order valence-corrected chi connectivity index (χ1v) is 11.3. The molecule has 3 aromatic carbocycles. The first-order valence-electron chi connectivity index (χ1n) is 11.3. The fraction of sp³-hybridized carbons (Fsp3) is 0.179. The quantitative estimate of drug-likeness (QED) is 0.420. The van der Waals surface area contributed by atoms with Gasteiger partial charge in [0.25, 0.3) is 11.8 Å². The first kappa shape index (κ1) is 23.8. The molecule has 7 heteroatoms. The lowest BCUT2D eigenvalue weighted by Crippen LogP contribution is -2.23. The summed E-state index contributed by atoms with van der Waals surface area (Å²) in [6.07, 6.45) is 1.77. The number of rotatable bonds is 8. The van der Waals surface area contributed by atoms with Gasteiger partial charge >= 0.3 is 0 Å². The van der Waals surface area contributed by atoms with E-state index in [1.807, 2.05) is 66.7 Å². The average Bonchev–Trinajstić information content (AvgIpc) is 3.31. The molecule has 0 radical (unpaired) electrons. The van der Waals surface area contributed by atoms with Gasteiger partial charge < -0.3 is 15.0 Å². The second kappa shape index (κ2) is 10.7. The van der Waals surface area contributed by atoms with Gasteiger partial charge in [0.15, 0.2) is 0 Å². The molecule has 4 rings (SSSR count). The first-order chi connectivity index (χ1) is 16.9. The van der Waals surface area contributed by atoms with Crippen molar-refractivity contribution in [2.45, 2.75) is 13.1 Å². The van der Waals surface area contributed by atoms with Crippen molar-refractivity contribution in [2.24, 2.45) is 0 Å². The van der Waals surface area contributed by atoms with Crippen LogP contribution in [0.5, 0.6) is 5.75 Å². The number of ether oxygens (including phenoxy) is 1. The predicted octanol–water partition coefficient (Wildman–Crippen LogP) is 4.24. The number of carbonyl (C=O) groups excluding carboxylic acids is 2. The number of benzene rings is 3. The third-order valence-corrected chi connectivity index (χ3v) is 5.60. The summed E-state index contributed by atoms with van der Waals surface area (Å²) in [4.78, 5) is 26.9. The van der Waals surface area contributed by atoms with E-state index >= 15 is 0 Å². The molecule has 1 heterocycles. The van der Waals surface area contributed by atoms with Gasteiger partial charge in [-0.05, 0) is 35.4 Å². The van der Waals surface area contributed by atoms with E-state index in [2.05, 4.69) is 5.32 Å². The Hall–Kier alpha value is -4.39. The monoisotopic (exact) mass is 468 g/mol. The highest BCUT2D eigenvalue weighted by molar-refractivity contribution is 6.00. The summed E-state index contributed by atoms with van der Waals surface area (Å²) in [6, 6.07) is 24.7. The number of hydrogen-bond donors (Lipinski definition) is 1. The van der Waals surface area contributed by atoms with Crippen LogP contribution in [0.1, 0.15) is 31.8 Å². The number of aromatic nitrogens is 2. The molecule has 0 bridgehead atoms. The van der Waals surface area contributed by atoms with E-state index in [9.17, 15) is 9.59 Å². The van der Waals surface area contributed by atoms with E-state index in [-0.39, 0.29) is 11.8 Å². The van der Waals surface area contributed by atoms with Gasteiger partial charge in [-0.15, -0.1) is 0 Å². The van der Waals surface area contributed by atoms with Crippen molar-refractivity contribution in [3.05, 3.63) is 107 Å².